The van der Waals surface area contributed by atoms with Crippen LogP contribution in [0.15, 0.2) is 48.7 Å². The van der Waals surface area contributed by atoms with Gasteiger partial charge in [-0.15, -0.1) is 0 Å². The van der Waals surface area contributed by atoms with Crippen LogP contribution in [-0.2, 0) is 6.73 Å². The summed E-state index contributed by atoms with van der Waals surface area (Å²) in [5.41, 5.74) is 0.242. The van der Waals surface area contributed by atoms with Crippen LogP contribution in [0.1, 0.15) is 10.5 Å². The second-order valence-electron chi connectivity index (χ2n) is 5.66. The lowest BCUT2D eigenvalue weighted by Gasteiger charge is -2.09. The largest absolute Gasteiger partial charge is 0.494 e. The lowest BCUT2D eigenvalue weighted by Crippen LogP contribution is -2.15. The van der Waals surface area contributed by atoms with Crippen LogP contribution in [0.3, 0.4) is 0 Å². The molecule has 0 atom stereocenters. The number of halogens is 2. The molecule has 0 aliphatic carbocycles. The van der Waals surface area contributed by atoms with Crippen LogP contribution in [0.25, 0.3) is 0 Å². The molecule has 29 heavy (non-hydrogen) atoms. The Bertz CT molecular complexity index is 1070. The van der Waals surface area contributed by atoms with Gasteiger partial charge in [-0.05, 0) is 24.3 Å². The van der Waals surface area contributed by atoms with Crippen molar-refractivity contribution in [2.45, 2.75) is 6.73 Å². The summed E-state index contributed by atoms with van der Waals surface area (Å²) in [4.78, 5) is 22.7. The molecule has 0 spiro atoms. The van der Waals surface area contributed by atoms with Gasteiger partial charge in [-0.25, -0.2) is 4.68 Å². The summed E-state index contributed by atoms with van der Waals surface area (Å²) >= 11 is 12.0. The minimum atomic E-state index is -0.554. The van der Waals surface area contributed by atoms with Crippen LogP contribution in [0, 0.1) is 10.1 Å². The zero-order chi connectivity index (χ0) is 21.0. The zero-order valence-electron chi connectivity index (χ0n) is 15.0. The number of nitrogens with one attached hydrogen (secondary N) is 1. The lowest BCUT2D eigenvalue weighted by molar-refractivity contribution is -0.384. The van der Waals surface area contributed by atoms with Crippen LogP contribution >= 0.6 is 23.2 Å². The van der Waals surface area contributed by atoms with Gasteiger partial charge in [0, 0.05) is 12.3 Å². The first-order valence-corrected chi connectivity index (χ1v) is 8.88. The van der Waals surface area contributed by atoms with Crippen molar-refractivity contribution in [3.8, 4) is 11.5 Å². The van der Waals surface area contributed by atoms with Crippen molar-refractivity contribution in [3.05, 3.63) is 74.5 Å². The maximum Gasteiger partial charge on any atom is 0.276 e. The van der Waals surface area contributed by atoms with E-state index in [1.165, 1.54) is 36.1 Å². The number of anilines is 1. The van der Waals surface area contributed by atoms with Gasteiger partial charge in [-0.3, -0.25) is 14.9 Å². The maximum absolute atomic E-state index is 12.4. The van der Waals surface area contributed by atoms with Gasteiger partial charge in [0.2, 0.25) is 0 Å². The van der Waals surface area contributed by atoms with Gasteiger partial charge in [0.1, 0.15) is 16.5 Å². The molecule has 1 aromatic heterocycles. The SMILES string of the molecule is COc1cc([N+](=O)[O-])ccc1NC(=O)c1ccn(COc2cccc(Cl)c2Cl)n1. The van der Waals surface area contributed by atoms with Crippen molar-refractivity contribution in [1.29, 1.82) is 0 Å². The van der Waals surface area contributed by atoms with Gasteiger partial charge in [-0.1, -0.05) is 29.3 Å². The van der Waals surface area contributed by atoms with E-state index in [1.807, 2.05) is 0 Å². The average Bonchev–Trinajstić information content (AvgIpc) is 3.18. The third-order valence-corrected chi connectivity index (χ3v) is 4.59. The number of non-ortho nitro benzene ring substituents is 1. The number of rotatable bonds is 7. The number of aromatic nitrogens is 2. The number of hydrogen-bond acceptors (Lipinski definition) is 6. The minimum absolute atomic E-state index is 0.00813. The highest BCUT2D eigenvalue weighted by Crippen LogP contribution is 2.32. The van der Waals surface area contributed by atoms with Gasteiger partial charge < -0.3 is 14.8 Å². The summed E-state index contributed by atoms with van der Waals surface area (Å²) in [5.74, 6) is 0.0267. The summed E-state index contributed by atoms with van der Waals surface area (Å²) < 4.78 is 12.1. The maximum atomic E-state index is 12.4. The molecule has 11 heteroatoms. The molecule has 1 heterocycles. The highest BCUT2D eigenvalue weighted by molar-refractivity contribution is 6.42. The standard InChI is InChI=1S/C18H14Cl2N4O5/c1-28-16-9-11(24(26)27)5-6-13(16)21-18(25)14-7-8-23(22-14)10-29-15-4-2-3-12(19)17(15)20/h2-9H,10H2,1H3,(H,21,25). The van der Waals surface area contributed by atoms with Crippen molar-refractivity contribution in [2.24, 2.45) is 0 Å². The zero-order valence-corrected chi connectivity index (χ0v) is 16.5. The Morgan fingerprint density at radius 1 is 1.24 bits per heavy atom. The van der Waals surface area contributed by atoms with E-state index in [0.717, 1.165) is 0 Å². The Balaban J connectivity index is 1.68. The molecule has 150 valence electrons. The molecule has 0 saturated heterocycles. The molecule has 9 nitrogen and oxygen atoms in total. The van der Waals surface area contributed by atoms with Crippen molar-refractivity contribution in [3.63, 3.8) is 0 Å². The van der Waals surface area contributed by atoms with Crippen molar-refractivity contribution in [1.82, 2.24) is 9.78 Å². The predicted molar refractivity (Wildman–Crippen MR) is 107 cm³/mol. The first-order chi connectivity index (χ1) is 13.9. The predicted octanol–water partition coefficient (Wildman–Crippen LogP) is 4.40. The number of ether oxygens (including phenoxy) is 2. The monoisotopic (exact) mass is 436 g/mol. The molecular weight excluding hydrogens is 423 g/mol. The van der Waals surface area contributed by atoms with Gasteiger partial charge in [0.25, 0.3) is 11.6 Å². The van der Waals surface area contributed by atoms with Gasteiger partial charge in [0.05, 0.1) is 28.8 Å². The molecule has 0 bridgehead atoms. The van der Waals surface area contributed by atoms with Crippen LogP contribution in [0.4, 0.5) is 11.4 Å². The molecule has 2 aromatic carbocycles. The van der Waals surface area contributed by atoms with E-state index in [-0.39, 0.29) is 34.6 Å². The summed E-state index contributed by atoms with van der Waals surface area (Å²) in [7, 11) is 1.35. The number of carbonyl (C=O) groups is 1. The lowest BCUT2D eigenvalue weighted by atomic mass is 10.2. The van der Waals surface area contributed by atoms with Crippen LogP contribution < -0.4 is 14.8 Å². The van der Waals surface area contributed by atoms with Crippen molar-refractivity contribution in [2.75, 3.05) is 12.4 Å². The molecule has 0 unspecified atom stereocenters. The number of hydrogen-bond donors (Lipinski definition) is 1. The number of carbonyl (C=O) groups excluding carboxylic acids is 1. The van der Waals surface area contributed by atoms with E-state index in [4.69, 9.17) is 32.7 Å². The highest BCUT2D eigenvalue weighted by Gasteiger charge is 2.16. The van der Waals surface area contributed by atoms with Gasteiger partial charge in [-0.2, -0.15) is 5.10 Å². The molecule has 0 aliphatic heterocycles. The van der Waals surface area contributed by atoms with Crippen LogP contribution in [-0.4, -0.2) is 27.7 Å². The summed E-state index contributed by atoms with van der Waals surface area (Å²) in [5, 5.41) is 18.2. The number of nitro groups is 1. The molecule has 3 rings (SSSR count). The molecule has 1 N–H and O–H groups in total. The molecule has 0 fully saturated rings. The fourth-order valence-corrected chi connectivity index (χ4v) is 2.72. The number of benzene rings is 2. The van der Waals surface area contributed by atoms with Crippen molar-refractivity contribution < 1.29 is 19.2 Å². The first-order valence-electron chi connectivity index (χ1n) is 8.13. The molecule has 3 aromatic rings. The third-order valence-electron chi connectivity index (χ3n) is 3.79. The normalized spacial score (nSPS) is 10.4. The fraction of sp³-hybridized carbons (Fsp3) is 0.111. The van der Waals surface area contributed by atoms with Gasteiger partial charge in [0.15, 0.2) is 12.4 Å². The van der Waals surface area contributed by atoms with Crippen LogP contribution in [0.5, 0.6) is 11.5 Å². The molecule has 0 radical (unpaired) electrons. The second kappa shape index (κ2) is 8.80. The second-order valence-corrected chi connectivity index (χ2v) is 6.45. The topological polar surface area (TPSA) is 109 Å². The number of nitrogens with zero attached hydrogens (tertiary/aromatic N) is 3. The molecular formula is C18H14Cl2N4O5. The summed E-state index contributed by atoms with van der Waals surface area (Å²) in [6, 6.07) is 10.4. The number of amides is 1. The molecule has 1 amide bonds. The molecule has 0 saturated carbocycles. The quantitative estimate of drug-likeness (QED) is 0.434. The Hall–Kier alpha value is -3.30. The Labute approximate surface area is 174 Å². The van der Waals surface area contributed by atoms with Crippen LogP contribution in [0.2, 0.25) is 10.0 Å². The third kappa shape index (κ3) is 4.76. The van der Waals surface area contributed by atoms with E-state index >= 15 is 0 Å². The van der Waals surface area contributed by atoms with Gasteiger partial charge >= 0.3 is 0 Å². The number of methoxy groups -OCH3 is 1. The summed E-state index contributed by atoms with van der Waals surface area (Å²) in [6.45, 7) is 0.00813. The Morgan fingerprint density at radius 2 is 2.03 bits per heavy atom. The fourth-order valence-electron chi connectivity index (χ4n) is 2.37. The first kappa shape index (κ1) is 20.4. The van der Waals surface area contributed by atoms with E-state index in [9.17, 15) is 14.9 Å². The van der Waals surface area contributed by atoms with E-state index in [0.29, 0.717) is 10.8 Å². The minimum Gasteiger partial charge on any atom is -0.494 e. The highest BCUT2D eigenvalue weighted by atomic mass is 35.5. The van der Waals surface area contributed by atoms with E-state index in [1.54, 1.807) is 24.4 Å². The Kier molecular flexibility index (Phi) is 6.20. The summed E-state index contributed by atoms with van der Waals surface area (Å²) in [6.07, 6.45) is 1.56. The van der Waals surface area contributed by atoms with E-state index < -0.39 is 10.8 Å². The average molecular weight is 437 g/mol. The smallest absolute Gasteiger partial charge is 0.276 e. The molecule has 0 aliphatic rings. The van der Waals surface area contributed by atoms with Crippen molar-refractivity contribution >= 4 is 40.5 Å². The number of nitro benzene ring substituents is 1. The van der Waals surface area contributed by atoms with E-state index in [2.05, 4.69) is 10.4 Å². The Morgan fingerprint density at radius 3 is 2.76 bits per heavy atom.